The molecule has 43 heavy (non-hydrogen) atoms. The summed E-state index contributed by atoms with van der Waals surface area (Å²) in [6.07, 6.45) is -3.06. The van der Waals surface area contributed by atoms with E-state index in [1.165, 1.54) is 44.2 Å². The summed E-state index contributed by atoms with van der Waals surface area (Å²) in [5.41, 5.74) is 0.657. The molecule has 0 saturated heterocycles. The maximum Gasteiger partial charge on any atom is 0.285 e. The lowest BCUT2D eigenvalue weighted by molar-refractivity contribution is 0.0849. The lowest BCUT2D eigenvalue weighted by atomic mass is 10.1. The molecule has 0 fully saturated rings. The highest BCUT2D eigenvalue weighted by Crippen LogP contribution is 2.36. The summed E-state index contributed by atoms with van der Waals surface area (Å²) >= 11 is 0. The Morgan fingerprint density at radius 1 is 0.721 bits per heavy atom. The van der Waals surface area contributed by atoms with E-state index >= 15 is 0 Å². The van der Waals surface area contributed by atoms with Crippen LogP contribution in [-0.2, 0) is 20.0 Å². The number of halogens is 2. The van der Waals surface area contributed by atoms with Gasteiger partial charge in [0.05, 0.1) is 11.1 Å². The first-order valence-electron chi connectivity index (χ1n) is 14.1. The molecule has 2 aromatic rings. The van der Waals surface area contributed by atoms with Crippen molar-refractivity contribution >= 4 is 31.7 Å². The van der Waals surface area contributed by atoms with Crippen LogP contribution in [-0.4, -0.2) is 77.7 Å². The first-order valence-corrected chi connectivity index (χ1v) is 17.0. The molecule has 0 N–H and O–H groups in total. The first kappa shape index (κ1) is 37.8. The Hall–Kier alpha value is -3.26. The van der Waals surface area contributed by atoms with Crippen LogP contribution >= 0.6 is 0 Å². The molecule has 0 bridgehead atoms. The topological polar surface area (TPSA) is 118 Å². The van der Waals surface area contributed by atoms with Crippen molar-refractivity contribution in [2.45, 2.75) is 90.9 Å². The van der Waals surface area contributed by atoms with Crippen molar-refractivity contribution in [1.82, 2.24) is 9.80 Å². The molecule has 0 spiro atoms. The minimum absolute atomic E-state index is 0.0457. The Morgan fingerprint density at radius 2 is 1.09 bits per heavy atom. The Kier molecular flexibility index (Phi) is 14.0. The zero-order valence-corrected chi connectivity index (χ0v) is 28.3. The van der Waals surface area contributed by atoms with Crippen LogP contribution in [0, 0.1) is 0 Å². The van der Waals surface area contributed by atoms with Crippen molar-refractivity contribution in [1.29, 1.82) is 0 Å². The van der Waals surface area contributed by atoms with Gasteiger partial charge in [0.2, 0.25) is 12.7 Å². The van der Waals surface area contributed by atoms with Crippen LogP contribution in [0.2, 0.25) is 0 Å². The largest absolute Gasteiger partial charge is 0.460 e. The Labute approximate surface area is 255 Å². The third-order valence-electron chi connectivity index (χ3n) is 5.63. The lowest BCUT2D eigenvalue weighted by Gasteiger charge is -2.27. The fraction of sp³-hybridized carbons (Fsp3) is 0.517. The number of rotatable bonds is 6. The van der Waals surface area contributed by atoms with E-state index in [2.05, 4.69) is 8.80 Å². The average molecular weight is 647 g/mol. The van der Waals surface area contributed by atoms with Gasteiger partial charge in [-0.1, -0.05) is 39.8 Å². The highest BCUT2D eigenvalue weighted by atomic mass is 32.2. The highest BCUT2D eigenvalue weighted by Gasteiger charge is 2.36. The minimum atomic E-state index is -3.76. The monoisotopic (exact) mass is 646 g/mol. The van der Waals surface area contributed by atoms with E-state index in [1.807, 2.05) is 53.4 Å². The third kappa shape index (κ3) is 8.88. The summed E-state index contributed by atoms with van der Waals surface area (Å²) in [5, 5.41) is 0. The van der Waals surface area contributed by atoms with Gasteiger partial charge in [-0.2, -0.15) is 16.8 Å². The molecular weight excluding hydrogens is 602 g/mol. The number of alkyl halides is 2. The number of ether oxygens (including phenoxy) is 2. The Bertz CT molecular complexity index is 1510. The quantitative estimate of drug-likeness (QED) is 0.375. The van der Waals surface area contributed by atoms with Crippen LogP contribution in [0.15, 0.2) is 55.0 Å². The summed E-state index contributed by atoms with van der Waals surface area (Å²) < 4.78 is 91.8. The van der Waals surface area contributed by atoms with Crippen LogP contribution in [0.5, 0.6) is 11.5 Å². The molecule has 2 aliphatic rings. The first-order chi connectivity index (χ1) is 20.1. The normalized spacial score (nSPS) is 16.2. The fourth-order valence-corrected chi connectivity index (χ4v) is 6.62. The van der Waals surface area contributed by atoms with Crippen LogP contribution in [0.4, 0.5) is 8.78 Å². The van der Waals surface area contributed by atoms with Gasteiger partial charge in [-0.15, -0.1) is 8.80 Å². The van der Waals surface area contributed by atoms with Crippen molar-refractivity contribution < 1.29 is 35.1 Å². The summed E-state index contributed by atoms with van der Waals surface area (Å²) in [5.74, 6) is 0.942. The molecule has 0 amide bonds. The molecule has 2 atom stereocenters. The predicted octanol–water partition coefficient (Wildman–Crippen LogP) is 6.00. The maximum absolute atomic E-state index is 13.2. The molecule has 0 aromatic heterocycles. The van der Waals surface area contributed by atoms with Gasteiger partial charge in [0.15, 0.2) is 11.7 Å². The zero-order valence-electron chi connectivity index (χ0n) is 26.7. The second-order valence-corrected chi connectivity index (χ2v) is 12.3. The van der Waals surface area contributed by atoms with Crippen molar-refractivity contribution in [2.24, 2.45) is 8.80 Å². The van der Waals surface area contributed by atoms with Crippen molar-refractivity contribution in [2.75, 3.05) is 20.6 Å². The van der Waals surface area contributed by atoms with Crippen LogP contribution in [0.3, 0.4) is 0 Å². The Balaban J connectivity index is 0.000000389. The molecule has 0 radical (unpaired) electrons. The van der Waals surface area contributed by atoms with E-state index in [-0.39, 0.29) is 33.2 Å². The number of hydrogen-bond acceptors (Lipinski definition) is 8. The summed E-state index contributed by atoms with van der Waals surface area (Å²) in [6, 6.07) is 9.06. The van der Waals surface area contributed by atoms with Gasteiger partial charge < -0.3 is 19.3 Å². The molecule has 10 nitrogen and oxygen atoms in total. The molecule has 4 rings (SSSR count). The van der Waals surface area contributed by atoms with Gasteiger partial charge in [0.25, 0.3) is 20.0 Å². The van der Waals surface area contributed by atoms with Gasteiger partial charge in [-0.05, 0) is 45.0 Å². The van der Waals surface area contributed by atoms with Gasteiger partial charge >= 0.3 is 0 Å². The van der Waals surface area contributed by atoms with Gasteiger partial charge in [0, 0.05) is 40.5 Å². The number of hydrogen-bond donors (Lipinski definition) is 0. The maximum atomic E-state index is 13.2. The van der Waals surface area contributed by atoms with E-state index in [1.54, 1.807) is 25.1 Å². The van der Waals surface area contributed by atoms with E-state index in [0.717, 1.165) is 0 Å². The molecule has 0 aliphatic carbocycles. The summed E-state index contributed by atoms with van der Waals surface area (Å²) in [6.45, 7) is 16.9. The average Bonchev–Trinajstić information content (AvgIpc) is 3.37. The molecule has 242 valence electrons. The summed E-state index contributed by atoms with van der Waals surface area (Å²) in [7, 11) is -4.14. The second-order valence-electron chi connectivity index (χ2n) is 9.13. The number of nitrogens with zero attached hydrogens (tertiary/aromatic N) is 4. The number of benzene rings is 2. The predicted molar refractivity (Wildman–Crippen MR) is 167 cm³/mol. The van der Waals surface area contributed by atoms with Crippen molar-refractivity contribution in [3.63, 3.8) is 0 Å². The van der Waals surface area contributed by atoms with Gasteiger partial charge in [0.1, 0.15) is 21.3 Å². The van der Waals surface area contributed by atoms with Gasteiger partial charge in [-0.25, -0.2) is 8.78 Å². The van der Waals surface area contributed by atoms with E-state index < -0.39 is 32.8 Å². The Morgan fingerprint density at radius 3 is 1.42 bits per heavy atom. The van der Waals surface area contributed by atoms with E-state index in [4.69, 9.17) is 9.47 Å². The smallest absolute Gasteiger partial charge is 0.285 e. The van der Waals surface area contributed by atoms with E-state index in [0.29, 0.717) is 23.5 Å². The van der Waals surface area contributed by atoms with Crippen molar-refractivity contribution in [3.8, 4) is 11.5 Å². The summed E-state index contributed by atoms with van der Waals surface area (Å²) in [4.78, 5) is 3.51. The molecule has 2 aliphatic heterocycles. The molecule has 2 heterocycles. The standard InChI is InChI=1S/C14H19FN2O3S.C11H13FN2O3S.2C2H6/c1-5-17(9(2)3)14-13-11(20-10(4)15)7-6-8-12(13)21(18,19)16-14;1-7(12)17-8-5-4-6-9-10(8)11(14(2)3)13-18(9,15)16;2*1-2/h6-10H,5H2,1-4H3;4-7H,1-3H3;2*1-2H3. The second kappa shape index (κ2) is 16.0. The number of amidine groups is 2. The number of sulfonamides is 2. The van der Waals surface area contributed by atoms with E-state index in [9.17, 15) is 25.6 Å². The minimum Gasteiger partial charge on any atom is -0.460 e. The highest BCUT2D eigenvalue weighted by molar-refractivity contribution is 7.91. The molecular formula is C29H44F2N4O6S2. The van der Waals surface area contributed by atoms with Crippen molar-refractivity contribution in [3.05, 3.63) is 47.5 Å². The van der Waals surface area contributed by atoms with Crippen LogP contribution < -0.4 is 9.47 Å². The fourth-order valence-electron chi connectivity index (χ4n) is 4.12. The SMILES string of the molecule is CC.CC.CC(F)Oc1cccc2c1C(N(C)C)=NS2(=O)=O.CCN(C1=NS(=O)(=O)c2cccc(OC(C)F)c21)C(C)C. The molecule has 0 saturated carbocycles. The lowest BCUT2D eigenvalue weighted by Crippen LogP contribution is -2.36. The molecule has 14 heteroatoms. The molecule has 2 unspecified atom stereocenters. The third-order valence-corrected chi connectivity index (χ3v) is 8.25. The number of fused-ring (bicyclic) bond motifs is 2. The van der Waals surface area contributed by atoms with Gasteiger partial charge in [-0.3, -0.25) is 0 Å². The zero-order chi connectivity index (χ0) is 33.3. The van der Waals surface area contributed by atoms with Crippen LogP contribution in [0.1, 0.15) is 73.4 Å². The molecule has 2 aromatic carbocycles. The van der Waals surface area contributed by atoms with Crippen LogP contribution in [0.25, 0.3) is 0 Å².